The molecule has 0 radical (unpaired) electrons. The van der Waals surface area contributed by atoms with Crippen LogP contribution in [-0.4, -0.2) is 34.7 Å². The summed E-state index contributed by atoms with van der Waals surface area (Å²) in [6, 6.07) is 14.9. The van der Waals surface area contributed by atoms with Gasteiger partial charge in [0, 0.05) is 10.2 Å². The first-order valence-corrected chi connectivity index (χ1v) is 7.79. The van der Waals surface area contributed by atoms with E-state index >= 15 is 0 Å². The Morgan fingerprint density at radius 3 is 2.16 bits per heavy atom. The lowest BCUT2D eigenvalue weighted by Gasteiger charge is -2.08. The highest BCUT2D eigenvalue weighted by Crippen LogP contribution is 2.20. The number of aryl methyl sites for hydroxylation is 1. The van der Waals surface area contributed by atoms with Crippen LogP contribution in [0.1, 0.15) is 5.56 Å². The number of carbonyl (C=O) groups is 3. The third-order valence-corrected chi connectivity index (χ3v) is 3.63. The minimum atomic E-state index is -1.82. The van der Waals surface area contributed by atoms with Gasteiger partial charge in [-0.1, -0.05) is 34.1 Å². The Balaban J connectivity index is 0.000000450. The van der Waals surface area contributed by atoms with E-state index in [9.17, 15) is 4.79 Å². The van der Waals surface area contributed by atoms with Gasteiger partial charge in [-0.15, -0.1) is 0 Å². The molecule has 7 nitrogen and oxygen atoms in total. The van der Waals surface area contributed by atoms with E-state index in [-0.39, 0.29) is 12.5 Å². The average molecular weight is 410 g/mol. The Labute approximate surface area is 152 Å². The number of rotatable bonds is 4. The number of nitrogens with one attached hydrogen (secondary N) is 1. The molecular formula is C17H16BrNO6. The smallest absolute Gasteiger partial charge is 0.414 e. The first kappa shape index (κ1) is 20.2. The Hall–Kier alpha value is -2.87. The van der Waals surface area contributed by atoms with Crippen LogP contribution in [0.25, 0.3) is 0 Å². The number of aliphatic carboxylic acids is 2. The molecule has 0 atom stereocenters. The van der Waals surface area contributed by atoms with Crippen LogP contribution in [0.5, 0.6) is 5.75 Å². The van der Waals surface area contributed by atoms with Crippen LogP contribution in [0.3, 0.4) is 0 Å². The summed E-state index contributed by atoms with van der Waals surface area (Å²) in [4.78, 5) is 29.9. The minimum Gasteiger partial charge on any atom is -0.484 e. The molecule has 0 aliphatic heterocycles. The second kappa shape index (κ2) is 10.1. The molecule has 0 heterocycles. The second-order valence-corrected chi connectivity index (χ2v) is 5.58. The number of halogens is 1. The van der Waals surface area contributed by atoms with E-state index in [0.29, 0.717) is 5.75 Å². The van der Waals surface area contributed by atoms with Gasteiger partial charge in [-0.25, -0.2) is 9.59 Å². The number of ether oxygens (including phenoxy) is 1. The number of carboxylic acid groups (broad SMARTS) is 2. The molecule has 0 fully saturated rings. The van der Waals surface area contributed by atoms with Crippen LogP contribution in [0.15, 0.2) is 53.0 Å². The molecule has 2 rings (SSSR count). The van der Waals surface area contributed by atoms with Gasteiger partial charge in [-0.05, 0) is 42.8 Å². The SMILES string of the molecule is Cc1cc(NC(=O)COc2ccccc2)ccc1Br.O=C(O)C(=O)O. The van der Waals surface area contributed by atoms with Gasteiger partial charge in [0.25, 0.3) is 5.91 Å². The van der Waals surface area contributed by atoms with Crippen molar-refractivity contribution in [3.63, 3.8) is 0 Å². The average Bonchev–Trinajstić information content (AvgIpc) is 2.58. The summed E-state index contributed by atoms with van der Waals surface area (Å²) in [5, 5.41) is 17.6. The van der Waals surface area contributed by atoms with Gasteiger partial charge in [0.2, 0.25) is 0 Å². The van der Waals surface area contributed by atoms with Gasteiger partial charge in [-0.3, -0.25) is 4.79 Å². The summed E-state index contributed by atoms with van der Waals surface area (Å²) in [6.45, 7) is 1.97. The molecule has 0 saturated carbocycles. The van der Waals surface area contributed by atoms with Crippen LogP contribution >= 0.6 is 15.9 Å². The van der Waals surface area contributed by atoms with Crippen molar-refractivity contribution < 1.29 is 29.3 Å². The first-order valence-electron chi connectivity index (χ1n) is 6.99. The van der Waals surface area contributed by atoms with Gasteiger partial charge in [0.1, 0.15) is 5.75 Å². The van der Waals surface area contributed by atoms with Crippen molar-refractivity contribution in [3.8, 4) is 5.75 Å². The maximum Gasteiger partial charge on any atom is 0.414 e. The van der Waals surface area contributed by atoms with Gasteiger partial charge in [0.05, 0.1) is 0 Å². The molecule has 0 bridgehead atoms. The van der Waals surface area contributed by atoms with Crippen LogP contribution < -0.4 is 10.1 Å². The number of carbonyl (C=O) groups excluding carboxylic acids is 1. The molecule has 0 saturated heterocycles. The van der Waals surface area contributed by atoms with Crippen molar-refractivity contribution in [2.75, 3.05) is 11.9 Å². The van der Waals surface area contributed by atoms with Gasteiger partial charge in [0.15, 0.2) is 6.61 Å². The molecule has 3 N–H and O–H groups in total. The number of hydrogen-bond donors (Lipinski definition) is 3. The highest BCUT2D eigenvalue weighted by Gasteiger charge is 2.05. The lowest BCUT2D eigenvalue weighted by molar-refractivity contribution is -0.159. The fourth-order valence-electron chi connectivity index (χ4n) is 1.59. The van der Waals surface area contributed by atoms with E-state index in [4.69, 9.17) is 24.5 Å². The molecule has 25 heavy (non-hydrogen) atoms. The zero-order valence-corrected chi connectivity index (χ0v) is 14.8. The summed E-state index contributed by atoms with van der Waals surface area (Å²) >= 11 is 3.42. The van der Waals surface area contributed by atoms with Gasteiger partial charge >= 0.3 is 11.9 Å². The zero-order valence-electron chi connectivity index (χ0n) is 13.2. The predicted molar refractivity (Wildman–Crippen MR) is 94.7 cm³/mol. The Bertz CT molecular complexity index is 736. The highest BCUT2D eigenvalue weighted by atomic mass is 79.9. The molecule has 0 aliphatic carbocycles. The summed E-state index contributed by atoms with van der Waals surface area (Å²) in [5.41, 5.74) is 1.84. The molecule has 132 valence electrons. The molecule has 1 amide bonds. The molecule has 0 aliphatic rings. The lowest BCUT2D eigenvalue weighted by Crippen LogP contribution is -2.20. The van der Waals surface area contributed by atoms with E-state index in [1.807, 2.05) is 55.5 Å². The first-order chi connectivity index (χ1) is 11.8. The maximum absolute atomic E-state index is 11.7. The molecule has 2 aromatic carbocycles. The van der Waals surface area contributed by atoms with Gasteiger partial charge in [-0.2, -0.15) is 0 Å². The van der Waals surface area contributed by atoms with Crippen molar-refractivity contribution in [1.82, 2.24) is 0 Å². The number of carboxylic acids is 2. The highest BCUT2D eigenvalue weighted by molar-refractivity contribution is 9.10. The van der Waals surface area contributed by atoms with Crippen LogP contribution in [0, 0.1) is 6.92 Å². The van der Waals surface area contributed by atoms with Gasteiger partial charge < -0.3 is 20.3 Å². The lowest BCUT2D eigenvalue weighted by atomic mass is 10.2. The van der Waals surface area contributed by atoms with E-state index in [2.05, 4.69) is 21.2 Å². The maximum atomic E-state index is 11.7. The largest absolute Gasteiger partial charge is 0.484 e. The molecular weight excluding hydrogens is 394 g/mol. The summed E-state index contributed by atoms with van der Waals surface area (Å²) < 4.78 is 6.39. The number of anilines is 1. The normalized spacial score (nSPS) is 9.36. The molecule has 8 heteroatoms. The van der Waals surface area contributed by atoms with Crippen molar-refractivity contribution in [3.05, 3.63) is 58.6 Å². The monoisotopic (exact) mass is 409 g/mol. The van der Waals surface area contributed by atoms with E-state index in [1.165, 1.54) is 0 Å². The number of benzene rings is 2. The summed E-state index contributed by atoms with van der Waals surface area (Å²) in [6.07, 6.45) is 0. The van der Waals surface area contributed by atoms with Crippen LogP contribution in [0.4, 0.5) is 5.69 Å². The minimum absolute atomic E-state index is 0.000868. The topological polar surface area (TPSA) is 113 Å². The van der Waals surface area contributed by atoms with Crippen molar-refractivity contribution in [2.24, 2.45) is 0 Å². The Morgan fingerprint density at radius 1 is 1.04 bits per heavy atom. The van der Waals surface area contributed by atoms with E-state index in [1.54, 1.807) is 0 Å². The predicted octanol–water partition coefficient (Wildman–Crippen LogP) is 2.93. The Kier molecular flexibility index (Phi) is 8.14. The second-order valence-electron chi connectivity index (χ2n) is 4.72. The fourth-order valence-corrected chi connectivity index (χ4v) is 1.83. The fraction of sp³-hybridized carbons (Fsp3) is 0.118. The summed E-state index contributed by atoms with van der Waals surface area (Å²) in [7, 11) is 0. The third kappa shape index (κ3) is 7.98. The third-order valence-electron chi connectivity index (χ3n) is 2.74. The van der Waals surface area contributed by atoms with Crippen molar-refractivity contribution >= 4 is 39.5 Å². The molecule has 2 aromatic rings. The molecule has 0 aromatic heterocycles. The molecule has 0 unspecified atom stereocenters. The quantitative estimate of drug-likeness (QED) is 0.669. The standard InChI is InChI=1S/C15H14BrNO2.C2H2O4/c1-11-9-12(7-8-14(11)16)17-15(18)10-19-13-5-3-2-4-6-13;3-1(4)2(5)6/h2-9H,10H2,1H3,(H,17,18);(H,3,4)(H,5,6). The van der Waals surface area contributed by atoms with Crippen molar-refractivity contribution in [1.29, 1.82) is 0 Å². The number of amides is 1. The van der Waals surface area contributed by atoms with E-state index < -0.39 is 11.9 Å². The number of hydrogen-bond acceptors (Lipinski definition) is 4. The number of para-hydroxylation sites is 1. The molecule has 0 spiro atoms. The Morgan fingerprint density at radius 2 is 1.64 bits per heavy atom. The zero-order chi connectivity index (χ0) is 18.8. The van der Waals surface area contributed by atoms with Crippen LogP contribution in [0.2, 0.25) is 0 Å². The summed E-state index contributed by atoms with van der Waals surface area (Å²) in [5.74, 6) is -3.14. The van der Waals surface area contributed by atoms with Crippen molar-refractivity contribution in [2.45, 2.75) is 6.92 Å². The van der Waals surface area contributed by atoms with Crippen LogP contribution in [-0.2, 0) is 14.4 Å². The van der Waals surface area contributed by atoms with E-state index in [0.717, 1.165) is 15.7 Å².